The largest absolute Gasteiger partial charge is 0.487 e. The van der Waals surface area contributed by atoms with Crippen molar-refractivity contribution < 1.29 is 4.74 Å². The van der Waals surface area contributed by atoms with E-state index in [0.717, 1.165) is 27.6 Å². The number of rotatable bonds is 4. The Morgan fingerprint density at radius 3 is 2.82 bits per heavy atom. The molecule has 0 aliphatic heterocycles. The first kappa shape index (κ1) is 12.1. The van der Waals surface area contributed by atoms with Crippen molar-refractivity contribution in [1.82, 2.24) is 4.98 Å². The second kappa shape index (κ2) is 5.29. The van der Waals surface area contributed by atoms with Crippen molar-refractivity contribution in [1.29, 1.82) is 0 Å². The van der Waals surface area contributed by atoms with E-state index in [1.54, 1.807) is 11.3 Å². The SMILES string of the molecule is Cc1nc(COc2c(C)cccc2CN)cs1. The van der Waals surface area contributed by atoms with E-state index in [4.69, 9.17) is 10.5 Å². The number of aromatic nitrogens is 1. The number of hydrogen-bond acceptors (Lipinski definition) is 4. The summed E-state index contributed by atoms with van der Waals surface area (Å²) in [6.07, 6.45) is 0. The number of hydrogen-bond donors (Lipinski definition) is 1. The van der Waals surface area contributed by atoms with Crippen LogP contribution in [0.25, 0.3) is 0 Å². The van der Waals surface area contributed by atoms with E-state index in [2.05, 4.69) is 4.98 Å². The van der Waals surface area contributed by atoms with Crippen LogP contribution >= 0.6 is 11.3 Å². The van der Waals surface area contributed by atoms with Crippen molar-refractivity contribution in [2.45, 2.75) is 27.0 Å². The molecule has 0 spiro atoms. The first-order chi connectivity index (χ1) is 8.20. The smallest absolute Gasteiger partial charge is 0.131 e. The van der Waals surface area contributed by atoms with Crippen molar-refractivity contribution >= 4 is 11.3 Å². The van der Waals surface area contributed by atoms with Crippen molar-refractivity contribution in [3.8, 4) is 5.75 Å². The lowest BCUT2D eigenvalue weighted by Crippen LogP contribution is -2.04. The van der Waals surface area contributed by atoms with Gasteiger partial charge in [-0.15, -0.1) is 11.3 Å². The fraction of sp³-hybridized carbons (Fsp3) is 0.308. The molecule has 4 heteroatoms. The highest BCUT2D eigenvalue weighted by molar-refractivity contribution is 7.09. The van der Waals surface area contributed by atoms with Crippen LogP contribution in [0.15, 0.2) is 23.6 Å². The molecule has 0 amide bonds. The molecule has 17 heavy (non-hydrogen) atoms. The molecule has 1 aromatic heterocycles. The van der Waals surface area contributed by atoms with Gasteiger partial charge in [0.1, 0.15) is 12.4 Å². The number of thiazole rings is 1. The number of benzene rings is 1. The van der Waals surface area contributed by atoms with E-state index in [0.29, 0.717) is 13.2 Å². The average molecular weight is 248 g/mol. The number of para-hydroxylation sites is 1. The number of nitrogens with two attached hydrogens (primary N) is 1. The molecule has 0 aliphatic carbocycles. The third-order valence-corrected chi connectivity index (χ3v) is 3.37. The number of aryl methyl sites for hydroxylation is 2. The van der Waals surface area contributed by atoms with Gasteiger partial charge < -0.3 is 10.5 Å². The lowest BCUT2D eigenvalue weighted by molar-refractivity contribution is 0.297. The Kier molecular flexibility index (Phi) is 3.76. The molecule has 1 aromatic carbocycles. The lowest BCUT2D eigenvalue weighted by atomic mass is 10.1. The minimum atomic E-state index is 0.493. The zero-order chi connectivity index (χ0) is 12.3. The van der Waals surface area contributed by atoms with E-state index in [1.165, 1.54) is 0 Å². The van der Waals surface area contributed by atoms with Crippen LogP contribution in [0.3, 0.4) is 0 Å². The Balaban J connectivity index is 2.13. The van der Waals surface area contributed by atoms with Crippen LogP contribution < -0.4 is 10.5 Å². The summed E-state index contributed by atoms with van der Waals surface area (Å²) in [4.78, 5) is 4.37. The van der Waals surface area contributed by atoms with Gasteiger partial charge in [0.25, 0.3) is 0 Å². The normalized spacial score (nSPS) is 10.5. The summed E-state index contributed by atoms with van der Waals surface area (Å²) in [6, 6.07) is 6.02. The summed E-state index contributed by atoms with van der Waals surface area (Å²) in [7, 11) is 0. The van der Waals surface area contributed by atoms with Gasteiger partial charge >= 0.3 is 0 Å². The molecular weight excluding hydrogens is 232 g/mol. The maximum atomic E-state index is 5.82. The predicted molar refractivity (Wildman–Crippen MR) is 70.3 cm³/mol. The molecular formula is C13H16N2OS. The highest BCUT2D eigenvalue weighted by Crippen LogP contribution is 2.24. The van der Waals surface area contributed by atoms with E-state index in [1.807, 2.05) is 37.4 Å². The first-order valence-electron chi connectivity index (χ1n) is 5.53. The Bertz CT molecular complexity index is 508. The zero-order valence-corrected chi connectivity index (χ0v) is 10.9. The lowest BCUT2D eigenvalue weighted by Gasteiger charge is -2.12. The van der Waals surface area contributed by atoms with Gasteiger partial charge in [0.05, 0.1) is 10.7 Å². The molecule has 2 aromatic rings. The topological polar surface area (TPSA) is 48.1 Å². The zero-order valence-electron chi connectivity index (χ0n) is 10.1. The van der Waals surface area contributed by atoms with Gasteiger partial charge in [-0.3, -0.25) is 0 Å². The third kappa shape index (κ3) is 2.84. The van der Waals surface area contributed by atoms with Crippen LogP contribution in [0.2, 0.25) is 0 Å². The molecule has 0 saturated heterocycles. The standard InChI is InChI=1S/C13H16N2OS/c1-9-4-3-5-11(6-14)13(9)16-7-12-8-17-10(2)15-12/h3-5,8H,6-7,14H2,1-2H3. The fourth-order valence-corrected chi connectivity index (χ4v) is 2.30. The van der Waals surface area contributed by atoms with Gasteiger partial charge in [0, 0.05) is 17.5 Å². The molecule has 0 unspecified atom stereocenters. The summed E-state index contributed by atoms with van der Waals surface area (Å²) >= 11 is 1.64. The Hall–Kier alpha value is -1.39. The van der Waals surface area contributed by atoms with Gasteiger partial charge in [0.2, 0.25) is 0 Å². The van der Waals surface area contributed by atoms with Crippen LogP contribution in [0.5, 0.6) is 5.75 Å². The molecule has 3 nitrogen and oxygen atoms in total. The molecule has 0 saturated carbocycles. The summed E-state index contributed by atoms with van der Waals surface area (Å²) in [5.74, 6) is 0.889. The van der Waals surface area contributed by atoms with Gasteiger partial charge in [-0.1, -0.05) is 18.2 Å². The highest BCUT2D eigenvalue weighted by atomic mass is 32.1. The first-order valence-corrected chi connectivity index (χ1v) is 6.41. The molecule has 0 bridgehead atoms. The second-order valence-corrected chi connectivity index (χ2v) is 4.98. The second-order valence-electron chi connectivity index (χ2n) is 3.91. The fourth-order valence-electron chi connectivity index (χ4n) is 1.70. The maximum Gasteiger partial charge on any atom is 0.131 e. The Morgan fingerprint density at radius 2 is 2.18 bits per heavy atom. The quantitative estimate of drug-likeness (QED) is 0.905. The Labute approximate surface area is 105 Å². The van der Waals surface area contributed by atoms with E-state index < -0.39 is 0 Å². The van der Waals surface area contributed by atoms with Gasteiger partial charge in [-0.25, -0.2) is 4.98 Å². The van der Waals surface area contributed by atoms with E-state index in [9.17, 15) is 0 Å². The van der Waals surface area contributed by atoms with Gasteiger partial charge in [-0.05, 0) is 19.4 Å². The number of nitrogens with zero attached hydrogens (tertiary/aromatic N) is 1. The van der Waals surface area contributed by atoms with Crippen LogP contribution in [0.1, 0.15) is 21.8 Å². The van der Waals surface area contributed by atoms with Crippen molar-refractivity contribution in [3.05, 3.63) is 45.4 Å². The minimum Gasteiger partial charge on any atom is -0.487 e. The molecule has 0 fully saturated rings. The molecule has 2 rings (SSSR count). The molecule has 0 atom stereocenters. The summed E-state index contributed by atoms with van der Waals surface area (Å²) in [6.45, 7) is 5.02. The average Bonchev–Trinajstić information content (AvgIpc) is 2.73. The highest BCUT2D eigenvalue weighted by Gasteiger charge is 2.06. The number of ether oxygens (including phenoxy) is 1. The van der Waals surface area contributed by atoms with Gasteiger partial charge in [0.15, 0.2) is 0 Å². The summed E-state index contributed by atoms with van der Waals surface area (Å²) < 4.78 is 5.82. The van der Waals surface area contributed by atoms with Crippen LogP contribution in [0.4, 0.5) is 0 Å². The maximum absolute atomic E-state index is 5.82. The Morgan fingerprint density at radius 1 is 1.35 bits per heavy atom. The summed E-state index contributed by atoms with van der Waals surface area (Å²) in [5, 5.41) is 3.09. The van der Waals surface area contributed by atoms with Crippen LogP contribution in [-0.2, 0) is 13.2 Å². The summed E-state index contributed by atoms with van der Waals surface area (Å²) in [5.41, 5.74) is 8.82. The predicted octanol–water partition coefficient (Wildman–Crippen LogP) is 2.80. The molecule has 0 aliphatic rings. The van der Waals surface area contributed by atoms with Crippen molar-refractivity contribution in [3.63, 3.8) is 0 Å². The van der Waals surface area contributed by atoms with Crippen molar-refractivity contribution in [2.24, 2.45) is 5.73 Å². The van der Waals surface area contributed by atoms with E-state index >= 15 is 0 Å². The molecule has 0 radical (unpaired) electrons. The molecule has 1 heterocycles. The molecule has 2 N–H and O–H groups in total. The van der Waals surface area contributed by atoms with Crippen molar-refractivity contribution in [2.75, 3.05) is 0 Å². The van der Waals surface area contributed by atoms with Crippen LogP contribution in [-0.4, -0.2) is 4.98 Å². The van der Waals surface area contributed by atoms with E-state index in [-0.39, 0.29) is 0 Å². The van der Waals surface area contributed by atoms with Gasteiger partial charge in [-0.2, -0.15) is 0 Å². The monoisotopic (exact) mass is 248 g/mol. The van der Waals surface area contributed by atoms with Crippen LogP contribution in [0, 0.1) is 13.8 Å². The minimum absolute atomic E-state index is 0.493. The third-order valence-electron chi connectivity index (χ3n) is 2.54. The molecule has 90 valence electrons.